The van der Waals surface area contributed by atoms with Gasteiger partial charge in [-0.2, -0.15) is 0 Å². The van der Waals surface area contributed by atoms with Crippen molar-refractivity contribution < 1.29 is 24.2 Å². The maximum absolute atomic E-state index is 12.3. The van der Waals surface area contributed by atoms with Gasteiger partial charge < -0.3 is 25.8 Å². The van der Waals surface area contributed by atoms with Crippen molar-refractivity contribution in [3.8, 4) is 0 Å². The zero-order valence-corrected chi connectivity index (χ0v) is 16.2. The molecule has 8 nitrogen and oxygen atoms in total. The van der Waals surface area contributed by atoms with Crippen LogP contribution in [0.3, 0.4) is 0 Å². The van der Waals surface area contributed by atoms with Crippen LogP contribution in [-0.4, -0.2) is 49.6 Å². The Bertz CT molecular complexity index is 826. The molecule has 0 aliphatic carbocycles. The lowest BCUT2D eigenvalue weighted by Gasteiger charge is -2.13. The first-order valence-electron chi connectivity index (χ1n) is 9.21. The molecule has 0 heterocycles. The molecule has 0 saturated heterocycles. The molecule has 0 aromatic heterocycles. The first-order valence-corrected chi connectivity index (χ1v) is 9.21. The van der Waals surface area contributed by atoms with Gasteiger partial charge >= 0.3 is 11.8 Å². The summed E-state index contributed by atoms with van der Waals surface area (Å²) in [6, 6.07) is 15.2. The van der Waals surface area contributed by atoms with Gasteiger partial charge in [0.05, 0.1) is 17.4 Å². The van der Waals surface area contributed by atoms with Crippen molar-refractivity contribution in [3.63, 3.8) is 0 Å². The van der Waals surface area contributed by atoms with Gasteiger partial charge in [0.15, 0.2) is 0 Å². The van der Waals surface area contributed by atoms with Gasteiger partial charge in [-0.15, -0.1) is 0 Å². The molecule has 4 N–H and O–H groups in total. The molecule has 0 saturated carbocycles. The summed E-state index contributed by atoms with van der Waals surface area (Å²) in [5, 5.41) is 17.6. The summed E-state index contributed by atoms with van der Waals surface area (Å²) in [5.74, 6) is -2.20. The predicted molar refractivity (Wildman–Crippen MR) is 108 cm³/mol. The molecule has 2 aromatic rings. The second kappa shape index (κ2) is 11.6. The van der Waals surface area contributed by atoms with Gasteiger partial charge in [0.1, 0.15) is 0 Å². The molecule has 0 spiro atoms. The van der Waals surface area contributed by atoms with E-state index in [1.807, 2.05) is 6.07 Å². The van der Waals surface area contributed by atoms with Crippen molar-refractivity contribution in [1.29, 1.82) is 0 Å². The summed E-state index contributed by atoms with van der Waals surface area (Å²) in [5.41, 5.74) is 1.10. The van der Waals surface area contributed by atoms with E-state index in [-0.39, 0.29) is 23.7 Å². The van der Waals surface area contributed by atoms with E-state index in [1.54, 1.807) is 49.6 Å². The molecular weight excluding hydrogens is 374 g/mol. The number of anilines is 1. The van der Waals surface area contributed by atoms with Crippen LogP contribution in [-0.2, 0) is 14.3 Å². The molecule has 0 aliphatic heterocycles. The Morgan fingerprint density at radius 1 is 0.966 bits per heavy atom. The fourth-order valence-electron chi connectivity index (χ4n) is 2.55. The van der Waals surface area contributed by atoms with Crippen molar-refractivity contribution in [1.82, 2.24) is 10.6 Å². The summed E-state index contributed by atoms with van der Waals surface area (Å²) >= 11 is 0. The highest BCUT2D eigenvalue weighted by atomic mass is 16.5. The van der Waals surface area contributed by atoms with Gasteiger partial charge in [0, 0.05) is 26.8 Å². The summed E-state index contributed by atoms with van der Waals surface area (Å²) in [6.07, 6.45) is -0.277. The van der Waals surface area contributed by atoms with E-state index in [0.29, 0.717) is 25.1 Å². The van der Waals surface area contributed by atoms with E-state index in [9.17, 15) is 19.5 Å². The second-order valence-corrected chi connectivity index (χ2v) is 6.24. The number of aliphatic hydroxyl groups is 1. The molecule has 3 amide bonds. The van der Waals surface area contributed by atoms with Crippen LogP contribution in [0, 0.1) is 0 Å². The van der Waals surface area contributed by atoms with Crippen LogP contribution in [0.5, 0.6) is 0 Å². The van der Waals surface area contributed by atoms with Gasteiger partial charge in [-0.25, -0.2) is 0 Å². The van der Waals surface area contributed by atoms with E-state index in [0.717, 1.165) is 0 Å². The van der Waals surface area contributed by atoms with E-state index >= 15 is 0 Å². The molecule has 0 aliphatic rings. The lowest BCUT2D eigenvalue weighted by Crippen LogP contribution is -2.38. The lowest BCUT2D eigenvalue weighted by molar-refractivity contribution is -0.136. The minimum atomic E-state index is -0.932. The third kappa shape index (κ3) is 7.02. The lowest BCUT2D eigenvalue weighted by atomic mass is 10.1. The van der Waals surface area contributed by atoms with Gasteiger partial charge in [-0.3, -0.25) is 14.4 Å². The zero-order chi connectivity index (χ0) is 21.1. The summed E-state index contributed by atoms with van der Waals surface area (Å²) < 4.78 is 4.93. The minimum Gasteiger partial charge on any atom is -0.387 e. The Hall–Kier alpha value is -3.23. The number of nitrogens with one attached hydrogen (secondary N) is 3. The Morgan fingerprint density at radius 2 is 1.66 bits per heavy atom. The average molecular weight is 399 g/mol. The SMILES string of the molecule is COCCCNC(=O)c1ccccc1NC(=O)C(=O)NCC(O)c1ccccc1. The van der Waals surface area contributed by atoms with Crippen LogP contribution < -0.4 is 16.0 Å². The third-order valence-electron chi connectivity index (χ3n) is 4.08. The highest BCUT2D eigenvalue weighted by Gasteiger charge is 2.18. The van der Waals surface area contributed by atoms with E-state index < -0.39 is 17.9 Å². The predicted octanol–water partition coefficient (Wildman–Crippen LogP) is 1.24. The Kier molecular flexibility index (Phi) is 8.81. The number of hydrogen-bond acceptors (Lipinski definition) is 5. The molecule has 0 radical (unpaired) electrons. The molecular formula is C21H25N3O5. The highest BCUT2D eigenvalue weighted by Crippen LogP contribution is 2.15. The molecule has 1 unspecified atom stereocenters. The fraction of sp³-hybridized carbons (Fsp3) is 0.286. The van der Waals surface area contributed by atoms with Gasteiger partial charge in [-0.05, 0) is 24.1 Å². The maximum Gasteiger partial charge on any atom is 0.313 e. The van der Waals surface area contributed by atoms with Gasteiger partial charge in [0.25, 0.3) is 5.91 Å². The normalized spacial score (nSPS) is 11.4. The first-order chi connectivity index (χ1) is 14.0. The third-order valence-corrected chi connectivity index (χ3v) is 4.08. The van der Waals surface area contributed by atoms with Crippen LogP contribution in [0.1, 0.15) is 28.4 Å². The smallest absolute Gasteiger partial charge is 0.313 e. The Morgan fingerprint density at radius 3 is 2.38 bits per heavy atom. The van der Waals surface area contributed by atoms with Crippen LogP contribution in [0.2, 0.25) is 0 Å². The zero-order valence-electron chi connectivity index (χ0n) is 16.2. The Balaban J connectivity index is 1.91. The first kappa shape index (κ1) is 22.1. The number of aliphatic hydroxyl groups excluding tert-OH is 1. The van der Waals surface area contributed by atoms with Gasteiger partial charge in [0.2, 0.25) is 0 Å². The number of ether oxygens (including phenoxy) is 1. The molecule has 8 heteroatoms. The maximum atomic E-state index is 12.3. The molecule has 29 heavy (non-hydrogen) atoms. The monoisotopic (exact) mass is 399 g/mol. The minimum absolute atomic E-state index is 0.113. The number of amides is 3. The number of methoxy groups -OCH3 is 1. The topological polar surface area (TPSA) is 117 Å². The van der Waals surface area contributed by atoms with E-state index in [2.05, 4.69) is 16.0 Å². The van der Waals surface area contributed by atoms with Crippen molar-refractivity contribution in [2.75, 3.05) is 32.1 Å². The molecule has 154 valence electrons. The highest BCUT2D eigenvalue weighted by molar-refractivity contribution is 6.40. The second-order valence-electron chi connectivity index (χ2n) is 6.24. The van der Waals surface area contributed by atoms with Crippen LogP contribution in [0.4, 0.5) is 5.69 Å². The fourth-order valence-corrected chi connectivity index (χ4v) is 2.55. The molecule has 0 fully saturated rings. The molecule has 2 rings (SSSR count). The molecule has 2 aromatic carbocycles. The van der Waals surface area contributed by atoms with Crippen molar-refractivity contribution in [3.05, 3.63) is 65.7 Å². The Labute approximate surface area is 169 Å². The van der Waals surface area contributed by atoms with Crippen molar-refractivity contribution in [2.45, 2.75) is 12.5 Å². The average Bonchev–Trinajstić information content (AvgIpc) is 2.75. The van der Waals surface area contributed by atoms with Crippen LogP contribution in [0.15, 0.2) is 54.6 Å². The van der Waals surface area contributed by atoms with E-state index in [1.165, 1.54) is 6.07 Å². The summed E-state index contributed by atoms with van der Waals surface area (Å²) in [4.78, 5) is 36.6. The molecule has 0 bridgehead atoms. The summed E-state index contributed by atoms with van der Waals surface area (Å²) in [6.45, 7) is 0.832. The van der Waals surface area contributed by atoms with Crippen molar-refractivity contribution in [2.24, 2.45) is 0 Å². The number of benzene rings is 2. The van der Waals surface area contributed by atoms with E-state index in [4.69, 9.17) is 4.74 Å². The van der Waals surface area contributed by atoms with Crippen LogP contribution in [0.25, 0.3) is 0 Å². The largest absolute Gasteiger partial charge is 0.387 e. The van der Waals surface area contributed by atoms with Crippen LogP contribution >= 0.6 is 0 Å². The number of para-hydroxylation sites is 1. The summed E-state index contributed by atoms with van der Waals surface area (Å²) in [7, 11) is 1.58. The number of carbonyl (C=O) groups is 3. The number of hydrogen-bond donors (Lipinski definition) is 4. The number of rotatable bonds is 9. The standard InChI is InChI=1S/C21H25N3O5/c1-29-13-7-12-22-19(26)16-10-5-6-11-17(16)24-21(28)20(27)23-14-18(25)15-8-3-2-4-9-15/h2-6,8-11,18,25H,7,12-14H2,1H3,(H,22,26)(H,23,27)(H,24,28). The van der Waals surface area contributed by atoms with Gasteiger partial charge in [-0.1, -0.05) is 42.5 Å². The van der Waals surface area contributed by atoms with Crippen molar-refractivity contribution >= 4 is 23.4 Å². The number of carbonyl (C=O) groups excluding carboxylic acids is 3. The molecule has 1 atom stereocenters. The quantitative estimate of drug-likeness (QED) is 0.374.